The molecule has 5 rings (SSSR count). The summed E-state index contributed by atoms with van der Waals surface area (Å²) in [6.07, 6.45) is 0. The Labute approximate surface area is 199 Å². The Morgan fingerprint density at radius 3 is 2.40 bits per heavy atom. The maximum Gasteiger partial charge on any atom is 0.276 e. The van der Waals surface area contributed by atoms with Gasteiger partial charge < -0.3 is 21.8 Å². The van der Waals surface area contributed by atoms with E-state index in [4.69, 9.17) is 11.5 Å². The quantitative estimate of drug-likeness (QED) is 0.269. The number of carbonyl (C=O) groups excluding carboxylic acids is 1. The third-order valence-corrected chi connectivity index (χ3v) is 5.48. The number of amides is 1. The number of carbonyl (C=O) groups is 1. The van der Waals surface area contributed by atoms with Crippen LogP contribution in [0.1, 0.15) is 21.6 Å². The van der Waals surface area contributed by atoms with Crippen LogP contribution in [-0.4, -0.2) is 26.1 Å². The van der Waals surface area contributed by atoms with E-state index < -0.39 is 5.56 Å². The van der Waals surface area contributed by atoms with E-state index in [0.29, 0.717) is 28.0 Å². The highest BCUT2D eigenvalue weighted by Crippen LogP contribution is 2.21. The van der Waals surface area contributed by atoms with Gasteiger partial charge in [0, 0.05) is 17.2 Å². The number of H-pyrrole nitrogens is 2. The molecule has 35 heavy (non-hydrogen) atoms. The zero-order valence-corrected chi connectivity index (χ0v) is 18.4. The largest absolute Gasteiger partial charge is 0.397 e. The molecule has 0 aliphatic rings. The molecule has 0 aliphatic heterocycles. The predicted octanol–water partition coefficient (Wildman–Crippen LogP) is 3.31. The van der Waals surface area contributed by atoms with Gasteiger partial charge in [0.2, 0.25) is 0 Å². The molecule has 9 heteroatoms. The van der Waals surface area contributed by atoms with Crippen molar-refractivity contribution in [3.63, 3.8) is 0 Å². The molecule has 0 radical (unpaired) electrons. The molecular weight excluding hydrogens is 442 g/mol. The molecule has 0 aliphatic carbocycles. The Morgan fingerprint density at radius 1 is 0.829 bits per heavy atom. The smallest absolute Gasteiger partial charge is 0.276 e. The molecule has 0 bridgehead atoms. The fourth-order valence-corrected chi connectivity index (χ4v) is 3.66. The van der Waals surface area contributed by atoms with Gasteiger partial charge in [-0.15, -0.1) is 0 Å². The lowest BCUT2D eigenvalue weighted by Crippen LogP contribution is -2.20. The standard InChI is InChI=1S/C26H21N7O2/c27-22(23(28)24-26(35)30-19-12-5-4-11-18(19)29-24)16-9-6-10-17(13-16)25(34)31-21-14-20(32-33-21)15-7-2-1-3-8-15/h1-14H,27-28H2,(H,30,35)(H2,31,32,33,34)/b23-22+. The van der Waals surface area contributed by atoms with Crippen molar-refractivity contribution < 1.29 is 4.79 Å². The van der Waals surface area contributed by atoms with E-state index in [1.54, 1.807) is 48.5 Å². The van der Waals surface area contributed by atoms with E-state index in [-0.39, 0.29) is 23.0 Å². The topological polar surface area (TPSA) is 156 Å². The third-order valence-electron chi connectivity index (χ3n) is 5.48. The number of para-hydroxylation sites is 2. The first-order valence-electron chi connectivity index (χ1n) is 10.8. The molecule has 0 fully saturated rings. The van der Waals surface area contributed by atoms with Gasteiger partial charge in [-0.3, -0.25) is 14.7 Å². The van der Waals surface area contributed by atoms with Crippen molar-refractivity contribution in [3.05, 3.63) is 112 Å². The van der Waals surface area contributed by atoms with E-state index in [2.05, 4.69) is 25.5 Å². The van der Waals surface area contributed by atoms with Crippen LogP contribution in [0.15, 0.2) is 89.7 Å². The van der Waals surface area contributed by atoms with Crippen LogP contribution in [0.25, 0.3) is 33.7 Å². The Balaban J connectivity index is 1.41. The lowest BCUT2D eigenvalue weighted by atomic mass is 10.1. The Kier molecular flexibility index (Phi) is 5.56. The van der Waals surface area contributed by atoms with Gasteiger partial charge in [0.25, 0.3) is 11.5 Å². The maximum absolute atomic E-state index is 12.9. The van der Waals surface area contributed by atoms with E-state index in [0.717, 1.165) is 11.3 Å². The first-order chi connectivity index (χ1) is 17.0. The van der Waals surface area contributed by atoms with Crippen LogP contribution in [0.5, 0.6) is 0 Å². The Hall–Kier alpha value is -5.18. The lowest BCUT2D eigenvalue weighted by Gasteiger charge is -2.09. The van der Waals surface area contributed by atoms with Gasteiger partial charge in [0.15, 0.2) is 11.5 Å². The fourth-order valence-electron chi connectivity index (χ4n) is 3.66. The maximum atomic E-state index is 12.9. The molecule has 0 saturated heterocycles. The van der Waals surface area contributed by atoms with Crippen LogP contribution in [0, 0.1) is 0 Å². The summed E-state index contributed by atoms with van der Waals surface area (Å²) in [5.41, 5.74) is 16.0. The number of benzene rings is 3. The van der Waals surface area contributed by atoms with Crippen LogP contribution >= 0.6 is 0 Å². The molecule has 7 N–H and O–H groups in total. The SMILES string of the molecule is N/C(=C(/N)c1nc2ccccc2[nH]c1=O)c1cccc(C(=O)Nc2cc(-c3ccccc3)[nH]n2)c1. The molecule has 0 spiro atoms. The summed E-state index contributed by atoms with van der Waals surface area (Å²) in [7, 11) is 0. The van der Waals surface area contributed by atoms with Crippen LogP contribution in [0.4, 0.5) is 5.82 Å². The number of hydrogen-bond donors (Lipinski definition) is 5. The Morgan fingerprint density at radius 2 is 1.57 bits per heavy atom. The van der Waals surface area contributed by atoms with Crippen molar-refractivity contribution in [2.45, 2.75) is 0 Å². The number of nitrogens with two attached hydrogens (primary N) is 2. The number of aromatic amines is 2. The van der Waals surface area contributed by atoms with Gasteiger partial charge >= 0.3 is 0 Å². The second-order valence-corrected chi connectivity index (χ2v) is 7.83. The number of aromatic nitrogens is 4. The molecular formula is C26H21N7O2. The van der Waals surface area contributed by atoms with Gasteiger partial charge in [-0.1, -0.05) is 54.6 Å². The summed E-state index contributed by atoms with van der Waals surface area (Å²) >= 11 is 0. The van der Waals surface area contributed by atoms with Gasteiger partial charge in [-0.2, -0.15) is 5.10 Å². The molecule has 9 nitrogen and oxygen atoms in total. The lowest BCUT2D eigenvalue weighted by molar-refractivity contribution is 0.102. The molecule has 2 heterocycles. The summed E-state index contributed by atoms with van der Waals surface area (Å²) in [6, 6.07) is 25.2. The molecule has 2 aromatic heterocycles. The summed E-state index contributed by atoms with van der Waals surface area (Å²) in [5.74, 6) is 0.0141. The number of rotatable bonds is 5. The number of hydrogen-bond acceptors (Lipinski definition) is 6. The van der Waals surface area contributed by atoms with Crippen LogP contribution in [0.3, 0.4) is 0 Å². The zero-order chi connectivity index (χ0) is 24.4. The van der Waals surface area contributed by atoms with Crippen molar-refractivity contribution in [3.8, 4) is 11.3 Å². The zero-order valence-electron chi connectivity index (χ0n) is 18.4. The third kappa shape index (κ3) is 4.38. The minimum Gasteiger partial charge on any atom is -0.397 e. The average molecular weight is 464 g/mol. The molecule has 5 aromatic rings. The van der Waals surface area contributed by atoms with Gasteiger partial charge in [0.05, 0.1) is 28.1 Å². The van der Waals surface area contributed by atoms with Crippen molar-refractivity contribution >= 4 is 34.2 Å². The Bertz CT molecular complexity index is 1630. The van der Waals surface area contributed by atoms with Crippen LogP contribution < -0.4 is 22.3 Å². The van der Waals surface area contributed by atoms with Gasteiger partial charge in [0.1, 0.15) is 0 Å². The van der Waals surface area contributed by atoms with Crippen molar-refractivity contribution in [2.75, 3.05) is 5.32 Å². The number of nitrogens with zero attached hydrogens (tertiary/aromatic N) is 2. The first-order valence-corrected chi connectivity index (χ1v) is 10.8. The minimum atomic E-state index is -0.453. The average Bonchev–Trinajstić information content (AvgIpc) is 3.36. The van der Waals surface area contributed by atoms with Crippen molar-refractivity contribution in [1.82, 2.24) is 20.2 Å². The van der Waals surface area contributed by atoms with Crippen LogP contribution in [0.2, 0.25) is 0 Å². The van der Waals surface area contributed by atoms with E-state index in [1.165, 1.54) is 0 Å². The number of anilines is 1. The molecule has 172 valence electrons. The molecule has 0 saturated carbocycles. The first kappa shape index (κ1) is 21.7. The molecule has 0 unspecified atom stereocenters. The molecule has 1 amide bonds. The number of nitrogens with one attached hydrogen (secondary N) is 3. The highest BCUT2D eigenvalue weighted by atomic mass is 16.1. The van der Waals surface area contributed by atoms with Crippen molar-refractivity contribution in [1.29, 1.82) is 0 Å². The summed E-state index contributed by atoms with van der Waals surface area (Å²) < 4.78 is 0. The second-order valence-electron chi connectivity index (χ2n) is 7.83. The highest BCUT2D eigenvalue weighted by molar-refractivity contribution is 6.04. The van der Waals surface area contributed by atoms with Gasteiger partial charge in [-0.25, -0.2) is 4.98 Å². The van der Waals surface area contributed by atoms with Crippen molar-refractivity contribution in [2.24, 2.45) is 11.5 Å². The monoisotopic (exact) mass is 463 g/mol. The summed E-state index contributed by atoms with van der Waals surface area (Å²) in [4.78, 5) is 32.5. The van der Waals surface area contributed by atoms with E-state index >= 15 is 0 Å². The highest BCUT2D eigenvalue weighted by Gasteiger charge is 2.15. The van der Waals surface area contributed by atoms with Gasteiger partial charge in [-0.05, 0) is 29.8 Å². The molecule has 3 aromatic carbocycles. The summed E-state index contributed by atoms with van der Waals surface area (Å²) in [5, 5.41) is 9.84. The summed E-state index contributed by atoms with van der Waals surface area (Å²) in [6.45, 7) is 0. The second kappa shape index (κ2) is 8.99. The fraction of sp³-hybridized carbons (Fsp3) is 0. The number of fused-ring (bicyclic) bond motifs is 1. The normalized spacial score (nSPS) is 11.8. The van der Waals surface area contributed by atoms with E-state index in [1.807, 2.05) is 36.4 Å². The minimum absolute atomic E-state index is 0.0148. The van der Waals surface area contributed by atoms with E-state index in [9.17, 15) is 9.59 Å². The van der Waals surface area contributed by atoms with Crippen LogP contribution in [-0.2, 0) is 0 Å². The predicted molar refractivity (Wildman–Crippen MR) is 136 cm³/mol. The molecule has 0 atom stereocenters.